The number of aromatic nitrogens is 2. The third kappa shape index (κ3) is 3.76. The van der Waals surface area contributed by atoms with Crippen LogP contribution in [-0.2, 0) is 20.8 Å². The molecule has 6 heteroatoms. The fraction of sp³-hybridized carbons (Fsp3) is 0.824. The number of nitrogens with zero attached hydrogens (tertiary/aromatic N) is 2. The second-order valence-corrected chi connectivity index (χ2v) is 6.54. The molecule has 2 fully saturated rings. The van der Waals surface area contributed by atoms with Crippen LogP contribution in [-0.4, -0.2) is 55.2 Å². The third-order valence-electron chi connectivity index (χ3n) is 5.25. The number of hydrogen-bond donors (Lipinski definition) is 1. The average Bonchev–Trinajstić information content (AvgIpc) is 3.23. The third-order valence-corrected chi connectivity index (χ3v) is 5.25. The Morgan fingerprint density at radius 1 is 1.39 bits per heavy atom. The second kappa shape index (κ2) is 7.75. The molecule has 0 aromatic carbocycles. The standard InChI is InChI=1S/C17H29N3O3/c1-3-20-8-7-19-16(20)15-14(4-9-23-15)12-18-13-17(21-2)5-10-22-11-6-17/h7-8,14-15,18H,3-6,9-13H2,1-2H3/t14-,15+/m0/s1. The SMILES string of the molecule is CCn1ccnc1[C@@H]1OCC[C@H]1CNCC1(OC)CCOCC1. The zero-order valence-corrected chi connectivity index (χ0v) is 14.3. The van der Waals surface area contributed by atoms with E-state index in [0.717, 1.165) is 64.5 Å². The van der Waals surface area contributed by atoms with E-state index in [1.54, 1.807) is 0 Å². The highest BCUT2D eigenvalue weighted by Crippen LogP contribution is 2.33. The topological polar surface area (TPSA) is 57.5 Å². The molecule has 2 aliphatic rings. The number of nitrogens with one attached hydrogen (secondary N) is 1. The summed E-state index contributed by atoms with van der Waals surface area (Å²) in [5.74, 6) is 1.53. The summed E-state index contributed by atoms with van der Waals surface area (Å²) in [6, 6.07) is 0. The molecule has 0 unspecified atom stereocenters. The molecule has 0 aliphatic carbocycles. The fourth-order valence-corrected chi connectivity index (χ4v) is 3.66. The van der Waals surface area contributed by atoms with Crippen molar-refractivity contribution in [2.24, 2.45) is 5.92 Å². The number of rotatable bonds is 7. The van der Waals surface area contributed by atoms with Gasteiger partial charge in [0.1, 0.15) is 11.9 Å². The molecule has 3 heterocycles. The van der Waals surface area contributed by atoms with Gasteiger partial charge in [0.05, 0.1) is 5.60 Å². The van der Waals surface area contributed by atoms with Crippen molar-refractivity contribution in [3.63, 3.8) is 0 Å². The molecular formula is C17H29N3O3. The van der Waals surface area contributed by atoms with Crippen LogP contribution in [0, 0.1) is 5.92 Å². The molecule has 23 heavy (non-hydrogen) atoms. The summed E-state index contributed by atoms with van der Waals surface area (Å²) in [7, 11) is 1.81. The molecule has 2 saturated heterocycles. The van der Waals surface area contributed by atoms with Crippen molar-refractivity contribution in [1.29, 1.82) is 0 Å². The van der Waals surface area contributed by atoms with E-state index < -0.39 is 0 Å². The quantitative estimate of drug-likeness (QED) is 0.829. The predicted octanol–water partition coefficient (Wildman–Crippen LogP) is 1.77. The zero-order chi connectivity index (χ0) is 16.1. The molecule has 0 spiro atoms. The first-order chi connectivity index (χ1) is 11.3. The van der Waals surface area contributed by atoms with Gasteiger partial charge in [0.15, 0.2) is 0 Å². The Bertz CT molecular complexity index is 485. The number of aryl methyl sites for hydroxylation is 1. The Labute approximate surface area is 138 Å². The summed E-state index contributed by atoms with van der Waals surface area (Å²) in [5, 5.41) is 3.62. The molecule has 0 amide bonds. The van der Waals surface area contributed by atoms with Gasteiger partial charge in [0.25, 0.3) is 0 Å². The minimum atomic E-state index is -0.0743. The smallest absolute Gasteiger partial charge is 0.138 e. The summed E-state index contributed by atoms with van der Waals surface area (Å²) in [5.41, 5.74) is -0.0743. The van der Waals surface area contributed by atoms with Gasteiger partial charge in [-0.2, -0.15) is 0 Å². The van der Waals surface area contributed by atoms with Crippen LogP contribution in [0.15, 0.2) is 12.4 Å². The van der Waals surface area contributed by atoms with Gasteiger partial charge in [-0.1, -0.05) is 0 Å². The van der Waals surface area contributed by atoms with Gasteiger partial charge in [0.2, 0.25) is 0 Å². The van der Waals surface area contributed by atoms with Crippen LogP contribution in [0.2, 0.25) is 0 Å². The van der Waals surface area contributed by atoms with Gasteiger partial charge < -0.3 is 24.1 Å². The summed E-state index contributed by atoms with van der Waals surface area (Å²) in [4.78, 5) is 4.52. The van der Waals surface area contributed by atoms with Crippen LogP contribution < -0.4 is 5.32 Å². The Hall–Kier alpha value is -0.950. The molecule has 1 aromatic rings. The van der Waals surface area contributed by atoms with Gasteiger partial charge in [-0.25, -0.2) is 4.98 Å². The minimum Gasteiger partial charge on any atom is -0.381 e. The van der Waals surface area contributed by atoms with E-state index in [-0.39, 0.29) is 11.7 Å². The lowest BCUT2D eigenvalue weighted by Crippen LogP contribution is -2.47. The number of hydrogen-bond acceptors (Lipinski definition) is 5. The van der Waals surface area contributed by atoms with Crippen LogP contribution in [0.1, 0.15) is 38.1 Å². The molecule has 0 bridgehead atoms. The maximum atomic E-state index is 5.97. The van der Waals surface area contributed by atoms with E-state index in [0.29, 0.717) is 5.92 Å². The highest BCUT2D eigenvalue weighted by molar-refractivity contribution is 5.01. The van der Waals surface area contributed by atoms with E-state index >= 15 is 0 Å². The number of imidazole rings is 1. The van der Waals surface area contributed by atoms with Crippen molar-refractivity contribution in [3.8, 4) is 0 Å². The minimum absolute atomic E-state index is 0.0743. The van der Waals surface area contributed by atoms with Crippen LogP contribution in [0.4, 0.5) is 0 Å². The van der Waals surface area contributed by atoms with E-state index in [4.69, 9.17) is 14.2 Å². The van der Waals surface area contributed by atoms with Crippen LogP contribution >= 0.6 is 0 Å². The molecule has 130 valence electrons. The molecule has 1 N–H and O–H groups in total. The lowest BCUT2D eigenvalue weighted by Gasteiger charge is -2.36. The molecule has 0 radical (unpaired) electrons. The molecular weight excluding hydrogens is 294 g/mol. The molecule has 1 aromatic heterocycles. The normalized spacial score (nSPS) is 27.4. The molecule has 6 nitrogen and oxygen atoms in total. The Balaban J connectivity index is 1.55. The highest BCUT2D eigenvalue weighted by Gasteiger charge is 2.35. The van der Waals surface area contributed by atoms with Crippen molar-refractivity contribution in [2.75, 3.05) is 40.0 Å². The zero-order valence-electron chi connectivity index (χ0n) is 14.3. The summed E-state index contributed by atoms with van der Waals surface area (Å²) >= 11 is 0. The lowest BCUT2D eigenvalue weighted by molar-refractivity contribution is -0.0880. The van der Waals surface area contributed by atoms with Crippen molar-refractivity contribution >= 4 is 0 Å². The van der Waals surface area contributed by atoms with Crippen molar-refractivity contribution in [2.45, 2.75) is 44.4 Å². The summed E-state index contributed by atoms with van der Waals surface area (Å²) in [6.45, 7) is 7.28. The Morgan fingerprint density at radius 3 is 2.96 bits per heavy atom. The van der Waals surface area contributed by atoms with Gasteiger partial charge in [0, 0.05) is 77.7 Å². The first-order valence-electron chi connectivity index (χ1n) is 8.74. The first-order valence-corrected chi connectivity index (χ1v) is 8.74. The summed E-state index contributed by atoms with van der Waals surface area (Å²) in [6.07, 6.45) is 7.00. The van der Waals surface area contributed by atoms with E-state index in [9.17, 15) is 0 Å². The Morgan fingerprint density at radius 2 is 2.22 bits per heavy atom. The predicted molar refractivity (Wildman–Crippen MR) is 87.4 cm³/mol. The number of ether oxygens (including phenoxy) is 3. The van der Waals surface area contributed by atoms with Crippen LogP contribution in [0.25, 0.3) is 0 Å². The monoisotopic (exact) mass is 323 g/mol. The fourth-order valence-electron chi connectivity index (χ4n) is 3.66. The maximum absolute atomic E-state index is 5.97. The molecule has 3 rings (SSSR count). The van der Waals surface area contributed by atoms with E-state index in [1.165, 1.54) is 0 Å². The van der Waals surface area contributed by atoms with Gasteiger partial charge in [-0.05, 0) is 13.3 Å². The molecule has 2 atom stereocenters. The largest absolute Gasteiger partial charge is 0.381 e. The highest BCUT2D eigenvalue weighted by atomic mass is 16.5. The van der Waals surface area contributed by atoms with E-state index in [2.05, 4.69) is 21.8 Å². The first kappa shape index (κ1) is 16.9. The van der Waals surface area contributed by atoms with Crippen molar-refractivity contribution in [3.05, 3.63) is 18.2 Å². The van der Waals surface area contributed by atoms with Gasteiger partial charge >= 0.3 is 0 Å². The molecule has 2 aliphatic heterocycles. The van der Waals surface area contributed by atoms with E-state index in [1.807, 2.05) is 19.5 Å². The number of methoxy groups -OCH3 is 1. The Kier molecular flexibility index (Phi) is 5.69. The van der Waals surface area contributed by atoms with Crippen molar-refractivity contribution < 1.29 is 14.2 Å². The lowest BCUT2D eigenvalue weighted by atomic mass is 9.93. The van der Waals surface area contributed by atoms with Gasteiger partial charge in [-0.15, -0.1) is 0 Å². The average molecular weight is 323 g/mol. The van der Waals surface area contributed by atoms with Crippen LogP contribution in [0.3, 0.4) is 0 Å². The maximum Gasteiger partial charge on any atom is 0.138 e. The van der Waals surface area contributed by atoms with Gasteiger partial charge in [-0.3, -0.25) is 0 Å². The summed E-state index contributed by atoms with van der Waals surface area (Å²) < 4.78 is 19.4. The van der Waals surface area contributed by atoms with Crippen LogP contribution in [0.5, 0.6) is 0 Å². The van der Waals surface area contributed by atoms with Crippen molar-refractivity contribution in [1.82, 2.24) is 14.9 Å². The second-order valence-electron chi connectivity index (χ2n) is 6.54. The molecule has 0 saturated carbocycles.